The lowest BCUT2D eigenvalue weighted by atomic mass is 10.1. The Kier molecular flexibility index (Phi) is 8.85. The maximum absolute atomic E-state index is 13.9. The second-order valence-electron chi connectivity index (χ2n) is 9.24. The van der Waals surface area contributed by atoms with Gasteiger partial charge in [0.15, 0.2) is 24.3 Å². The van der Waals surface area contributed by atoms with Gasteiger partial charge in [-0.2, -0.15) is 10.1 Å². The Morgan fingerprint density at radius 2 is 1.76 bits per heavy atom. The largest absolute Gasteiger partial charge is 0.509 e. The van der Waals surface area contributed by atoms with Crippen LogP contribution in [0.1, 0.15) is 18.7 Å². The monoisotopic (exact) mass is 602 g/mol. The SMILES string of the molecule is C[C@H](N[P@](=O)(OC[C@H]1O[C@@H](n2ccc(NO)nc2=O)[C@@H]2OC(=O)O[C@@H]21)Oc1ccccc1)C(=O)OCc1ccccc1. The van der Waals surface area contributed by atoms with Crippen molar-refractivity contribution >= 4 is 25.7 Å². The molecule has 42 heavy (non-hydrogen) atoms. The average molecular weight is 602 g/mol. The van der Waals surface area contributed by atoms with Crippen molar-refractivity contribution in [1.29, 1.82) is 0 Å². The van der Waals surface area contributed by atoms with Crippen LogP contribution in [0, 0.1) is 0 Å². The van der Waals surface area contributed by atoms with Gasteiger partial charge in [0.1, 0.15) is 24.5 Å². The highest BCUT2D eigenvalue weighted by atomic mass is 31.2. The summed E-state index contributed by atoms with van der Waals surface area (Å²) in [6, 6.07) is 17.4. The molecule has 0 unspecified atom stereocenters. The lowest BCUT2D eigenvalue weighted by Crippen LogP contribution is -2.37. The Hall–Kier alpha value is -4.27. The number of nitrogens with one attached hydrogen (secondary N) is 2. The number of aromatic nitrogens is 2. The number of nitrogens with zero attached hydrogens (tertiary/aromatic N) is 2. The first kappa shape index (κ1) is 29.2. The van der Waals surface area contributed by atoms with Gasteiger partial charge in [-0.25, -0.2) is 14.2 Å². The Morgan fingerprint density at radius 3 is 2.45 bits per heavy atom. The van der Waals surface area contributed by atoms with Crippen molar-refractivity contribution in [2.45, 2.75) is 44.1 Å². The number of anilines is 1. The minimum Gasteiger partial charge on any atom is -0.460 e. The number of carbonyl (C=O) groups excluding carboxylic acids is 2. The molecule has 3 N–H and O–H groups in total. The number of esters is 1. The van der Waals surface area contributed by atoms with Gasteiger partial charge >= 0.3 is 25.6 Å². The molecular formula is C26H27N4O11P. The number of benzene rings is 2. The smallest absolute Gasteiger partial charge is 0.460 e. The Morgan fingerprint density at radius 1 is 1.07 bits per heavy atom. The minimum absolute atomic E-state index is 0.00566. The van der Waals surface area contributed by atoms with Crippen LogP contribution in [0.2, 0.25) is 0 Å². The van der Waals surface area contributed by atoms with Crippen LogP contribution in [0.3, 0.4) is 0 Å². The number of hydrogen-bond acceptors (Lipinski definition) is 13. The fraction of sp³-hybridized carbons (Fsp3) is 0.308. The standard InChI is InChI=1S/C26H27N4O11P/c1-16(24(31)36-14-17-8-4-2-5-9-17)29-42(35,41-18-10-6-3-7-11-18)37-15-19-21-22(40-26(33)39-21)23(38-19)30-13-12-20(28-34)27-25(30)32/h2-13,16,19,21-23,34H,14-15H2,1H3,(H,29,35)(H,27,28,32)/t16-,19+,21+,22+,23+,42-/m0/s1. The van der Waals surface area contributed by atoms with Crippen molar-refractivity contribution in [2.24, 2.45) is 0 Å². The summed E-state index contributed by atoms with van der Waals surface area (Å²) >= 11 is 0. The van der Waals surface area contributed by atoms with Crippen LogP contribution in [0.25, 0.3) is 0 Å². The normalized spacial score (nSPS) is 23.1. The minimum atomic E-state index is -4.29. The summed E-state index contributed by atoms with van der Waals surface area (Å²) in [6.45, 7) is 0.980. The maximum Gasteiger partial charge on any atom is 0.509 e. The van der Waals surface area contributed by atoms with Gasteiger partial charge in [-0.15, -0.1) is 0 Å². The van der Waals surface area contributed by atoms with Gasteiger partial charge in [0.2, 0.25) is 0 Å². The van der Waals surface area contributed by atoms with Crippen LogP contribution in [-0.2, 0) is 39.4 Å². The van der Waals surface area contributed by atoms with Crippen molar-refractivity contribution in [3.05, 3.63) is 89.0 Å². The van der Waals surface area contributed by atoms with Crippen LogP contribution < -0.4 is 20.8 Å². The molecule has 222 valence electrons. The molecule has 5 rings (SSSR count). The summed E-state index contributed by atoms with van der Waals surface area (Å²) in [7, 11) is -4.29. The molecule has 0 bridgehead atoms. The van der Waals surface area contributed by atoms with Gasteiger partial charge in [-0.3, -0.25) is 24.6 Å². The second kappa shape index (κ2) is 12.7. The Balaban J connectivity index is 1.30. The van der Waals surface area contributed by atoms with E-state index in [0.29, 0.717) is 0 Å². The van der Waals surface area contributed by atoms with Crippen molar-refractivity contribution in [2.75, 3.05) is 12.1 Å². The van der Waals surface area contributed by atoms with Gasteiger partial charge in [0.25, 0.3) is 0 Å². The van der Waals surface area contributed by atoms with Gasteiger partial charge in [-0.1, -0.05) is 48.5 Å². The van der Waals surface area contributed by atoms with Crippen molar-refractivity contribution in [1.82, 2.24) is 14.6 Å². The zero-order valence-corrected chi connectivity index (χ0v) is 23.0. The van der Waals surface area contributed by atoms with E-state index in [-0.39, 0.29) is 18.2 Å². The van der Waals surface area contributed by atoms with Crippen LogP contribution in [0.15, 0.2) is 77.7 Å². The molecule has 0 spiro atoms. The molecule has 0 radical (unpaired) electrons. The van der Waals surface area contributed by atoms with Crippen molar-refractivity contribution < 1.29 is 47.4 Å². The summed E-state index contributed by atoms with van der Waals surface area (Å²) < 4.78 is 48.0. The van der Waals surface area contributed by atoms with Crippen LogP contribution in [-0.4, -0.2) is 57.8 Å². The number of hydrogen-bond donors (Lipinski definition) is 3. The van der Waals surface area contributed by atoms with Crippen LogP contribution in [0.5, 0.6) is 5.75 Å². The molecule has 16 heteroatoms. The third-order valence-electron chi connectivity index (χ3n) is 6.28. The molecule has 2 aromatic carbocycles. The van der Waals surface area contributed by atoms with E-state index >= 15 is 0 Å². The summed E-state index contributed by atoms with van der Waals surface area (Å²) in [5.74, 6) is -0.624. The highest BCUT2D eigenvalue weighted by Gasteiger charge is 2.56. The molecule has 6 atom stereocenters. The molecule has 3 heterocycles. The average Bonchev–Trinajstić information content (AvgIpc) is 3.53. The molecule has 2 saturated heterocycles. The molecule has 0 amide bonds. The van der Waals surface area contributed by atoms with E-state index in [9.17, 15) is 18.9 Å². The number of rotatable bonds is 12. The molecule has 3 aromatic rings. The molecule has 1 aromatic heterocycles. The topological polar surface area (TPSA) is 186 Å². The molecule has 2 aliphatic rings. The van der Waals surface area contributed by atoms with E-state index in [2.05, 4.69) is 10.1 Å². The zero-order valence-electron chi connectivity index (χ0n) is 22.1. The first-order chi connectivity index (χ1) is 20.2. The van der Waals surface area contributed by atoms with Gasteiger partial charge in [0, 0.05) is 6.20 Å². The summed E-state index contributed by atoms with van der Waals surface area (Å²) in [5.41, 5.74) is 1.72. The molecule has 2 fully saturated rings. The molecule has 0 aliphatic carbocycles. The third kappa shape index (κ3) is 6.78. The zero-order chi connectivity index (χ0) is 29.7. The van der Waals surface area contributed by atoms with Gasteiger partial charge < -0.3 is 23.5 Å². The number of carbonyl (C=O) groups is 2. The van der Waals surface area contributed by atoms with Crippen LogP contribution in [0.4, 0.5) is 10.6 Å². The Labute approximate surface area is 238 Å². The third-order valence-corrected chi connectivity index (χ3v) is 7.92. The molecular weight excluding hydrogens is 575 g/mol. The predicted molar refractivity (Wildman–Crippen MR) is 142 cm³/mol. The van der Waals surface area contributed by atoms with E-state index in [1.165, 1.54) is 19.2 Å². The van der Waals surface area contributed by atoms with E-state index in [0.717, 1.165) is 10.1 Å². The van der Waals surface area contributed by atoms with E-state index < -0.39 is 62.7 Å². The van der Waals surface area contributed by atoms with Crippen molar-refractivity contribution in [3.8, 4) is 5.75 Å². The second-order valence-corrected chi connectivity index (χ2v) is 10.9. The molecule has 0 saturated carbocycles. The molecule has 2 aliphatic heterocycles. The predicted octanol–water partition coefficient (Wildman–Crippen LogP) is 2.77. The lowest BCUT2D eigenvalue weighted by Gasteiger charge is -2.24. The highest BCUT2D eigenvalue weighted by Crippen LogP contribution is 2.47. The highest BCUT2D eigenvalue weighted by molar-refractivity contribution is 7.52. The maximum atomic E-state index is 13.9. The molecule has 15 nitrogen and oxygen atoms in total. The summed E-state index contributed by atoms with van der Waals surface area (Å²) in [4.78, 5) is 40.8. The van der Waals surface area contributed by atoms with Crippen LogP contribution >= 0.6 is 7.75 Å². The quantitative estimate of drug-likeness (QED) is 0.156. The fourth-order valence-electron chi connectivity index (χ4n) is 4.28. The lowest BCUT2D eigenvalue weighted by molar-refractivity contribution is -0.146. The Bertz CT molecular complexity index is 1510. The summed E-state index contributed by atoms with van der Waals surface area (Å²) in [6.07, 6.45) is -4.05. The first-order valence-electron chi connectivity index (χ1n) is 12.7. The summed E-state index contributed by atoms with van der Waals surface area (Å²) in [5, 5.41) is 11.6. The van der Waals surface area contributed by atoms with Gasteiger partial charge in [-0.05, 0) is 30.7 Å². The fourth-order valence-corrected chi connectivity index (χ4v) is 5.78. The van der Waals surface area contributed by atoms with E-state index in [4.69, 9.17) is 33.2 Å². The van der Waals surface area contributed by atoms with E-state index in [1.807, 2.05) is 18.2 Å². The number of fused-ring (bicyclic) bond motifs is 1. The number of ether oxygens (including phenoxy) is 4. The van der Waals surface area contributed by atoms with E-state index in [1.54, 1.807) is 47.9 Å². The van der Waals surface area contributed by atoms with Gasteiger partial charge in [0.05, 0.1) is 6.61 Å². The van der Waals surface area contributed by atoms with Crippen molar-refractivity contribution in [3.63, 3.8) is 0 Å². The number of para-hydroxylation sites is 1. The first-order valence-corrected chi connectivity index (χ1v) is 14.3.